The first kappa shape index (κ1) is 13.1. The van der Waals surface area contributed by atoms with Crippen LogP contribution in [0.3, 0.4) is 0 Å². The molecule has 0 unspecified atom stereocenters. The van der Waals surface area contributed by atoms with E-state index < -0.39 is 0 Å². The van der Waals surface area contributed by atoms with Gasteiger partial charge in [-0.1, -0.05) is 15.9 Å². The number of benzene rings is 1. The summed E-state index contributed by atoms with van der Waals surface area (Å²) in [6, 6.07) is 5.97. The number of nitrogens with one attached hydrogen (secondary N) is 1. The second-order valence-corrected chi connectivity index (χ2v) is 5.23. The van der Waals surface area contributed by atoms with Crippen LogP contribution in [-0.4, -0.2) is 16.3 Å². The van der Waals surface area contributed by atoms with Crippen LogP contribution in [-0.2, 0) is 6.42 Å². The highest BCUT2D eigenvalue weighted by atomic mass is 79.9. The lowest BCUT2D eigenvalue weighted by Crippen LogP contribution is -2.12. The Kier molecular flexibility index (Phi) is 3.73. The minimum Gasteiger partial charge on any atom is -0.330 e. The highest BCUT2D eigenvalue weighted by Crippen LogP contribution is 2.20. The van der Waals surface area contributed by atoms with Crippen LogP contribution in [0, 0.1) is 13.8 Å². The molecule has 0 radical (unpaired) electrons. The largest absolute Gasteiger partial charge is 0.330 e. The Bertz CT molecular complexity index is 628. The van der Waals surface area contributed by atoms with E-state index in [-0.39, 0.29) is 5.56 Å². The molecular weight excluding hydrogens is 294 g/mol. The molecule has 2 rings (SSSR count). The molecule has 1 heterocycles. The van der Waals surface area contributed by atoms with Crippen molar-refractivity contribution in [3.05, 3.63) is 49.8 Å². The molecule has 2 aromatic rings. The molecule has 96 valence electrons. The van der Waals surface area contributed by atoms with E-state index >= 15 is 0 Å². The van der Waals surface area contributed by atoms with E-state index in [1.54, 1.807) is 0 Å². The van der Waals surface area contributed by atoms with Gasteiger partial charge in [0.15, 0.2) is 0 Å². The van der Waals surface area contributed by atoms with Crippen molar-refractivity contribution < 1.29 is 0 Å². The Morgan fingerprint density at radius 3 is 2.72 bits per heavy atom. The number of rotatable bonds is 3. The minimum atomic E-state index is -0.0553. The van der Waals surface area contributed by atoms with Gasteiger partial charge in [0.05, 0.1) is 5.69 Å². The molecule has 18 heavy (non-hydrogen) atoms. The molecule has 0 bridgehead atoms. The van der Waals surface area contributed by atoms with E-state index in [0.717, 1.165) is 27.0 Å². The third-order valence-corrected chi connectivity index (χ3v) is 3.55. The van der Waals surface area contributed by atoms with Crippen molar-refractivity contribution in [3.8, 4) is 5.69 Å². The summed E-state index contributed by atoms with van der Waals surface area (Å²) in [7, 11) is 0. The molecular formula is C13H16BrN3O. The van der Waals surface area contributed by atoms with Gasteiger partial charge in [-0.3, -0.25) is 14.6 Å². The topological polar surface area (TPSA) is 63.8 Å². The molecule has 0 atom stereocenters. The maximum Gasteiger partial charge on any atom is 0.267 e. The molecule has 3 N–H and O–H groups in total. The average molecular weight is 310 g/mol. The van der Waals surface area contributed by atoms with Gasteiger partial charge in [0.25, 0.3) is 5.56 Å². The van der Waals surface area contributed by atoms with Crippen LogP contribution in [0.15, 0.2) is 27.5 Å². The predicted molar refractivity (Wildman–Crippen MR) is 76.3 cm³/mol. The molecule has 0 aliphatic carbocycles. The van der Waals surface area contributed by atoms with Crippen molar-refractivity contribution >= 4 is 15.9 Å². The normalized spacial score (nSPS) is 10.9. The number of hydrogen-bond donors (Lipinski definition) is 2. The van der Waals surface area contributed by atoms with Crippen LogP contribution >= 0.6 is 15.9 Å². The van der Waals surface area contributed by atoms with Crippen LogP contribution < -0.4 is 11.3 Å². The lowest BCUT2D eigenvalue weighted by molar-refractivity contribution is 0.826. The molecule has 0 aliphatic rings. The number of nitrogens with zero attached hydrogens (tertiary/aromatic N) is 1. The van der Waals surface area contributed by atoms with Gasteiger partial charge in [-0.2, -0.15) is 0 Å². The van der Waals surface area contributed by atoms with Crippen molar-refractivity contribution in [2.75, 3.05) is 6.54 Å². The Morgan fingerprint density at radius 2 is 2.11 bits per heavy atom. The summed E-state index contributed by atoms with van der Waals surface area (Å²) in [5.41, 5.74) is 9.24. The fraction of sp³-hybridized carbons (Fsp3) is 0.308. The summed E-state index contributed by atoms with van der Waals surface area (Å²) in [6.45, 7) is 4.43. The summed E-state index contributed by atoms with van der Waals surface area (Å²) in [5.74, 6) is 0. The first-order valence-corrected chi connectivity index (χ1v) is 6.61. The monoisotopic (exact) mass is 309 g/mol. The first-order valence-electron chi connectivity index (χ1n) is 5.81. The fourth-order valence-corrected chi connectivity index (χ4v) is 2.58. The zero-order valence-electron chi connectivity index (χ0n) is 10.5. The van der Waals surface area contributed by atoms with Gasteiger partial charge in [0.2, 0.25) is 0 Å². The Hall–Kier alpha value is -1.33. The van der Waals surface area contributed by atoms with Crippen molar-refractivity contribution in [3.63, 3.8) is 0 Å². The number of hydrogen-bond acceptors (Lipinski definition) is 2. The third kappa shape index (κ3) is 2.28. The van der Waals surface area contributed by atoms with Gasteiger partial charge in [-0.15, -0.1) is 0 Å². The number of aromatic nitrogens is 2. The summed E-state index contributed by atoms with van der Waals surface area (Å²) in [6.07, 6.45) is 0.601. The highest BCUT2D eigenvalue weighted by molar-refractivity contribution is 9.10. The number of H-pyrrole nitrogens is 1. The van der Waals surface area contributed by atoms with Crippen LogP contribution in [0.2, 0.25) is 0 Å². The molecule has 0 amide bonds. The van der Waals surface area contributed by atoms with E-state index in [1.165, 1.54) is 0 Å². The van der Waals surface area contributed by atoms with E-state index in [9.17, 15) is 4.79 Å². The van der Waals surface area contributed by atoms with Crippen LogP contribution in [0.25, 0.3) is 5.69 Å². The lowest BCUT2D eigenvalue weighted by Gasteiger charge is -2.09. The Morgan fingerprint density at radius 1 is 1.39 bits per heavy atom. The van der Waals surface area contributed by atoms with Crippen molar-refractivity contribution in [2.45, 2.75) is 20.3 Å². The average Bonchev–Trinajstić information content (AvgIpc) is 2.58. The maximum atomic E-state index is 11.9. The SMILES string of the molecule is Cc1cc(Br)ccc1-n1[nH]c(=O)c(CCN)c1C. The second kappa shape index (κ2) is 5.12. The van der Waals surface area contributed by atoms with Gasteiger partial charge >= 0.3 is 0 Å². The van der Waals surface area contributed by atoms with Crippen molar-refractivity contribution in [1.82, 2.24) is 9.78 Å². The van der Waals surface area contributed by atoms with Crippen molar-refractivity contribution in [1.29, 1.82) is 0 Å². The molecule has 0 saturated heterocycles. The van der Waals surface area contributed by atoms with Crippen LogP contribution in [0.5, 0.6) is 0 Å². The zero-order valence-corrected chi connectivity index (χ0v) is 12.0. The number of nitrogens with two attached hydrogens (primary N) is 1. The van der Waals surface area contributed by atoms with Gasteiger partial charge in [-0.25, -0.2) is 0 Å². The maximum absolute atomic E-state index is 11.9. The fourth-order valence-electron chi connectivity index (χ4n) is 2.10. The Balaban J connectivity index is 2.58. The van der Waals surface area contributed by atoms with Gasteiger partial charge in [0.1, 0.15) is 0 Å². The van der Waals surface area contributed by atoms with Gasteiger partial charge in [-0.05, 0) is 50.6 Å². The molecule has 1 aromatic heterocycles. The highest BCUT2D eigenvalue weighted by Gasteiger charge is 2.12. The van der Waals surface area contributed by atoms with E-state index in [4.69, 9.17) is 5.73 Å². The zero-order chi connectivity index (χ0) is 13.3. The minimum absolute atomic E-state index is 0.0553. The molecule has 4 nitrogen and oxygen atoms in total. The summed E-state index contributed by atoms with van der Waals surface area (Å²) >= 11 is 3.43. The van der Waals surface area contributed by atoms with Crippen LogP contribution in [0.1, 0.15) is 16.8 Å². The number of halogens is 1. The molecule has 0 spiro atoms. The summed E-state index contributed by atoms with van der Waals surface area (Å²) in [5, 5.41) is 2.86. The molecule has 0 fully saturated rings. The van der Waals surface area contributed by atoms with E-state index in [0.29, 0.717) is 13.0 Å². The number of aromatic amines is 1. The smallest absolute Gasteiger partial charge is 0.267 e. The van der Waals surface area contributed by atoms with E-state index in [1.807, 2.05) is 36.7 Å². The predicted octanol–water partition coefficient (Wildman–Crippen LogP) is 2.05. The lowest BCUT2D eigenvalue weighted by atomic mass is 10.1. The van der Waals surface area contributed by atoms with Gasteiger partial charge < -0.3 is 5.73 Å². The van der Waals surface area contributed by atoms with Gasteiger partial charge in [0, 0.05) is 15.7 Å². The van der Waals surface area contributed by atoms with Crippen LogP contribution in [0.4, 0.5) is 0 Å². The van der Waals surface area contributed by atoms with Crippen molar-refractivity contribution in [2.24, 2.45) is 5.73 Å². The molecule has 0 aliphatic heterocycles. The molecule has 0 saturated carbocycles. The summed E-state index contributed by atoms with van der Waals surface area (Å²) < 4.78 is 2.85. The third-order valence-electron chi connectivity index (χ3n) is 3.05. The number of aryl methyl sites for hydroxylation is 1. The Labute approximate surface area is 114 Å². The quantitative estimate of drug-likeness (QED) is 0.911. The van der Waals surface area contributed by atoms with E-state index in [2.05, 4.69) is 21.0 Å². The molecule has 1 aromatic carbocycles. The summed E-state index contributed by atoms with van der Waals surface area (Å²) in [4.78, 5) is 11.9. The first-order chi connectivity index (χ1) is 8.54. The standard InChI is InChI=1S/C13H16BrN3O/c1-8-7-10(14)3-4-12(8)17-9(2)11(5-6-15)13(18)16-17/h3-4,7H,5-6,15H2,1-2H3,(H,16,18). The molecule has 5 heteroatoms. The second-order valence-electron chi connectivity index (χ2n) is 4.31.